The van der Waals surface area contributed by atoms with Gasteiger partial charge in [-0.3, -0.25) is 4.79 Å². The van der Waals surface area contributed by atoms with Gasteiger partial charge in [0.2, 0.25) is 5.91 Å². The third-order valence-corrected chi connectivity index (χ3v) is 3.38. The van der Waals surface area contributed by atoms with Crippen LogP contribution >= 0.6 is 0 Å². The summed E-state index contributed by atoms with van der Waals surface area (Å²) in [7, 11) is 0. The minimum atomic E-state index is -0.866. The molecular weight excluding hydrogens is 262 g/mol. The van der Waals surface area contributed by atoms with Crippen molar-refractivity contribution in [1.29, 1.82) is 0 Å². The van der Waals surface area contributed by atoms with Crippen LogP contribution in [0.5, 0.6) is 0 Å². The predicted molar refractivity (Wildman–Crippen MR) is 70.9 cm³/mol. The molecule has 20 heavy (non-hydrogen) atoms. The monoisotopic (exact) mass is 274 g/mol. The zero-order chi connectivity index (χ0) is 14.3. The molecule has 2 aromatic carbocycles. The number of fused-ring (bicyclic) bond motifs is 1. The summed E-state index contributed by atoms with van der Waals surface area (Å²) in [6.07, 6.45) is 0. The number of hydrogen-bond donors (Lipinski definition) is 1. The van der Waals surface area contributed by atoms with Crippen molar-refractivity contribution in [2.45, 2.75) is 12.6 Å². The Balaban J connectivity index is 1.97. The minimum absolute atomic E-state index is 0.211. The van der Waals surface area contributed by atoms with Crippen LogP contribution < -0.4 is 10.6 Å². The molecule has 3 rings (SSSR count). The fourth-order valence-corrected chi connectivity index (χ4v) is 2.42. The van der Waals surface area contributed by atoms with E-state index in [0.29, 0.717) is 16.8 Å². The second-order valence-electron chi connectivity index (χ2n) is 4.74. The summed E-state index contributed by atoms with van der Waals surface area (Å²) < 4.78 is 26.4. The van der Waals surface area contributed by atoms with E-state index < -0.39 is 11.9 Å². The van der Waals surface area contributed by atoms with Gasteiger partial charge in [-0.1, -0.05) is 12.1 Å². The highest BCUT2D eigenvalue weighted by Crippen LogP contribution is 2.35. The standard InChI is InChI=1S/C15H12F2N2O/c16-10-3-1-2-9(6-10)8-19-13-5-4-11(17)7-12(13)14(18)15(19)20/h1-7,14H,8,18H2. The van der Waals surface area contributed by atoms with Crippen molar-refractivity contribution in [2.75, 3.05) is 4.90 Å². The number of anilines is 1. The molecule has 1 amide bonds. The van der Waals surface area contributed by atoms with Gasteiger partial charge in [0.25, 0.3) is 0 Å². The molecule has 0 saturated carbocycles. The smallest absolute Gasteiger partial charge is 0.248 e. The Morgan fingerprint density at radius 3 is 2.60 bits per heavy atom. The lowest BCUT2D eigenvalue weighted by Gasteiger charge is -2.17. The van der Waals surface area contributed by atoms with Gasteiger partial charge in [0, 0.05) is 11.3 Å². The van der Waals surface area contributed by atoms with Crippen LogP contribution in [0.1, 0.15) is 17.2 Å². The highest BCUT2D eigenvalue weighted by atomic mass is 19.1. The highest BCUT2D eigenvalue weighted by Gasteiger charge is 2.34. The molecule has 0 radical (unpaired) electrons. The van der Waals surface area contributed by atoms with Crippen LogP contribution in [0.25, 0.3) is 0 Å². The molecule has 0 spiro atoms. The van der Waals surface area contributed by atoms with Crippen LogP contribution in [-0.4, -0.2) is 5.91 Å². The summed E-state index contributed by atoms with van der Waals surface area (Å²) in [5, 5.41) is 0. The maximum absolute atomic E-state index is 13.2. The van der Waals surface area contributed by atoms with E-state index in [9.17, 15) is 13.6 Å². The lowest BCUT2D eigenvalue weighted by Crippen LogP contribution is -2.31. The van der Waals surface area contributed by atoms with E-state index in [1.165, 1.54) is 35.2 Å². The average molecular weight is 274 g/mol. The summed E-state index contributed by atoms with van der Waals surface area (Å²) in [5.74, 6) is -1.10. The van der Waals surface area contributed by atoms with Crippen LogP contribution in [0.2, 0.25) is 0 Å². The molecule has 1 unspecified atom stereocenters. The molecule has 2 N–H and O–H groups in total. The van der Waals surface area contributed by atoms with Crippen LogP contribution in [0.4, 0.5) is 14.5 Å². The second kappa shape index (κ2) is 4.68. The number of halogens is 2. The van der Waals surface area contributed by atoms with E-state index in [2.05, 4.69) is 0 Å². The molecule has 3 nitrogen and oxygen atoms in total. The van der Waals surface area contributed by atoms with E-state index in [0.717, 1.165) is 0 Å². The molecule has 1 aliphatic heterocycles. The van der Waals surface area contributed by atoms with Crippen molar-refractivity contribution < 1.29 is 13.6 Å². The Hall–Kier alpha value is -2.27. The van der Waals surface area contributed by atoms with Gasteiger partial charge in [0.15, 0.2) is 0 Å². The number of nitrogens with two attached hydrogens (primary N) is 1. The van der Waals surface area contributed by atoms with Crippen molar-refractivity contribution in [3.63, 3.8) is 0 Å². The largest absolute Gasteiger partial charge is 0.316 e. The Kier molecular flexibility index (Phi) is 2.99. The minimum Gasteiger partial charge on any atom is -0.316 e. The fourth-order valence-electron chi connectivity index (χ4n) is 2.42. The van der Waals surface area contributed by atoms with E-state index in [1.807, 2.05) is 0 Å². The zero-order valence-electron chi connectivity index (χ0n) is 10.5. The summed E-state index contributed by atoms with van der Waals surface area (Å²) >= 11 is 0. The molecule has 102 valence electrons. The van der Waals surface area contributed by atoms with E-state index in [1.54, 1.807) is 12.1 Å². The molecule has 1 atom stereocenters. The highest BCUT2D eigenvalue weighted by molar-refractivity contribution is 6.04. The molecule has 0 bridgehead atoms. The van der Waals surface area contributed by atoms with Gasteiger partial charge >= 0.3 is 0 Å². The first kappa shape index (κ1) is 12.7. The Morgan fingerprint density at radius 1 is 1.10 bits per heavy atom. The van der Waals surface area contributed by atoms with E-state index in [-0.39, 0.29) is 18.3 Å². The molecule has 5 heteroatoms. The normalized spacial score (nSPS) is 17.4. The molecule has 0 aromatic heterocycles. The number of carbonyl (C=O) groups excluding carboxylic acids is 1. The van der Waals surface area contributed by atoms with E-state index >= 15 is 0 Å². The van der Waals surface area contributed by atoms with Gasteiger partial charge in [-0.25, -0.2) is 8.78 Å². The first-order chi connectivity index (χ1) is 9.56. The van der Waals surface area contributed by atoms with Crippen LogP contribution in [-0.2, 0) is 11.3 Å². The number of hydrogen-bond acceptors (Lipinski definition) is 2. The van der Waals surface area contributed by atoms with Gasteiger partial charge < -0.3 is 10.6 Å². The number of nitrogens with zero attached hydrogens (tertiary/aromatic N) is 1. The quantitative estimate of drug-likeness (QED) is 0.914. The van der Waals surface area contributed by atoms with E-state index in [4.69, 9.17) is 5.73 Å². The van der Waals surface area contributed by atoms with Crippen molar-refractivity contribution >= 4 is 11.6 Å². The molecular formula is C15H12F2N2O. The third-order valence-electron chi connectivity index (χ3n) is 3.38. The molecule has 0 saturated heterocycles. The zero-order valence-corrected chi connectivity index (χ0v) is 10.5. The molecule has 0 fully saturated rings. The number of rotatable bonds is 2. The number of benzene rings is 2. The molecule has 1 heterocycles. The van der Waals surface area contributed by atoms with Crippen LogP contribution in [0, 0.1) is 11.6 Å². The van der Waals surface area contributed by atoms with Gasteiger partial charge in [0.05, 0.1) is 6.54 Å². The van der Waals surface area contributed by atoms with Crippen LogP contribution in [0.3, 0.4) is 0 Å². The van der Waals surface area contributed by atoms with Crippen molar-refractivity contribution in [1.82, 2.24) is 0 Å². The molecule has 2 aromatic rings. The molecule has 1 aliphatic rings. The Bertz CT molecular complexity index is 687. The topological polar surface area (TPSA) is 46.3 Å². The van der Waals surface area contributed by atoms with Gasteiger partial charge in [-0.05, 0) is 35.9 Å². The first-order valence-corrected chi connectivity index (χ1v) is 6.17. The van der Waals surface area contributed by atoms with Crippen molar-refractivity contribution in [3.05, 3.63) is 65.2 Å². The SMILES string of the molecule is NC1C(=O)N(Cc2cccc(F)c2)c2ccc(F)cc21. The van der Waals surface area contributed by atoms with Gasteiger partial charge in [-0.2, -0.15) is 0 Å². The summed E-state index contributed by atoms with van der Waals surface area (Å²) in [6.45, 7) is 0.211. The van der Waals surface area contributed by atoms with Crippen LogP contribution in [0.15, 0.2) is 42.5 Å². The lowest BCUT2D eigenvalue weighted by molar-refractivity contribution is -0.119. The number of amides is 1. The summed E-state index contributed by atoms with van der Waals surface area (Å²) in [4.78, 5) is 13.6. The van der Waals surface area contributed by atoms with Crippen molar-refractivity contribution in [3.8, 4) is 0 Å². The summed E-state index contributed by atoms with van der Waals surface area (Å²) in [6, 6.07) is 9.21. The number of carbonyl (C=O) groups is 1. The Labute approximate surface area is 114 Å². The molecule has 0 aliphatic carbocycles. The summed E-state index contributed by atoms with van der Waals surface area (Å²) in [5.41, 5.74) is 7.50. The average Bonchev–Trinajstić information content (AvgIpc) is 2.64. The first-order valence-electron chi connectivity index (χ1n) is 6.17. The van der Waals surface area contributed by atoms with Gasteiger partial charge in [0.1, 0.15) is 17.7 Å². The second-order valence-corrected chi connectivity index (χ2v) is 4.74. The van der Waals surface area contributed by atoms with Crippen molar-refractivity contribution in [2.24, 2.45) is 5.73 Å². The Morgan fingerprint density at radius 2 is 1.85 bits per heavy atom. The third kappa shape index (κ3) is 2.06. The fraction of sp³-hybridized carbons (Fsp3) is 0.133. The maximum Gasteiger partial charge on any atom is 0.248 e. The predicted octanol–water partition coefficient (Wildman–Crippen LogP) is 2.51. The maximum atomic E-state index is 13.2. The lowest BCUT2D eigenvalue weighted by atomic mass is 10.1. The van der Waals surface area contributed by atoms with Gasteiger partial charge in [-0.15, -0.1) is 0 Å².